The number of tetrazole rings is 1. The van der Waals surface area contributed by atoms with Gasteiger partial charge >= 0.3 is 0 Å². The van der Waals surface area contributed by atoms with Crippen LogP contribution in [0.25, 0.3) is 0 Å². The van der Waals surface area contributed by atoms with Crippen molar-refractivity contribution in [2.45, 2.75) is 25.3 Å². The molecule has 5 nitrogen and oxygen atoms in total. The van der Waals surface area contributed by atoms with Crippen molar-refractivity contribution in [3.8, 4) is 0 Å². The van der Waals surface area contributed by atoms with Crippen molar-refractivity contribution in [3.63, 3.8) is 0 Å². The first-order valence-corrected chi connectivity index (χ1v) is 3.78. The van der Waals surface area contributed by atoms with E-state index in [9.17, 15) is 0 Å². The van der Waals surface area contributed by atoms with Crippen LogP contribution in [0.1, 0.15) is 24.6 Å². The Morgan fingerprint density at radius 1 is 1.55 bits per heavy atom. The largest absolute Gasteiger partial charge is 0.394 e. The molecule has 0 aromatic carbocycles. The fourth-order valence-corrected chi connectivity index (χ4v) is 1.10. The van der Waals surface area contributed by atoms with Crippen LogP contribution in [0.3, 0.4) is 0 Å². The molecule has 0 radical (unpaired) electrons. The van der Waals surface area contributed by atoms with Crippen molar-refractivity contribution in [3.05, 3.63) is 5.82 Å². The number of aliphatic hydroxyl groups is 1. The first kappa shape index (κ1) is 6.72. The Labute approximate surface area is 64.0 Å². The molecule has 0 aliphatic heterocycles. The molecule has 1 aromatic rings. The van der Waals surface area contributed by atoms with E-state index in [-0.39, 0.29) is 6.61 Å². The van der Waals surface area contributed by atoms with Crippen LogP contribution in [-0.2, 0) is 6.54 Å². The standard InChI is InChI=1S/C6H10N4O/c11-4-3-10-6(5-1-2-5)7-8-9-10/h5,11H,1-4H2. The van der Waals surface area contributed by atoms with Gasteiger partial charge in [-0.15, -0.1) is 5.10 Å². The minimum Gasteiger partial charge on any atom is -0.394 e. The fraction of sp³-hybridized carbons (Fsp3) is 0.833. The molecule has 11 heavy (non-hydrogen) atoms. The molecule has 1 aromatic heterocycles. The van der Waals surface area contributed by atoms with E-state index < -0.39 is 0 Å². The smallest absolute Gasteiger partial charge is 0.154 e. The maximum absolute atomic E-state index is 8.65. The predicted octanol–water partition coefficient (Wildman–Crippen LogP) is -0.457. The molecule has 2 rings (SSSR count). The summed E-state index contributed by atoms with van der Waals surface area (Å²) in [5.41, 5.74) is 0. The van der Waals surface area contributed by atoms with Crippen LogP contribution in [0.4, 0.5) is 0 Å². The van der Waals surface area contributed by atoms with E-state index in [2.05, 4.69) is 15.5 Å². The van der Waals surface area contributed by atoms with Crippen molar-refractivity contribution in [1.29, 1.82) is 0 Å². The van der Waals surface area contributed by atoms with E-state index >= 15 is 0 Å². The Kier molecular flexibility index (Phi) is 1.58. The first-order chi connectivity index (χ1) is 5.42. The second-order valence-corrected chi connectivity index (χ2v) is 2.76. The molecule has 1 fully saturated rings. The van der Waals surface area contributed by atoms with E-state index in [1.165, 1.54) is 12.8 Å². The van der Waals surface area contributed by atoms with Crippen molar-refractivity contribution >= 4 is 0 Å². The Bertz CT molecular complexity index is 242. The summed E-state index contributed by atoms with van der Waals surface area (Å²) in [6.45, 7) is 0.615. The molecule has 1 N–H and O–H groups in total. The summed E-state index contributed by atoms with van der Waals surface area (Å²) in [6.07, 6.45) is 2.37. The molecule has 0 bridgehead atoms. The Balaban J connectivity index is 2.16. The Morgan fingerprint density at radius 3 is 3.00 bits per heavy atom. The predicted molar refractivity (Wildman–Crippen MR) is 36.9 cm³/mol. The van der Waals surface area contributed by atoms with Crippen LogP contribution in [0.5, 0.6) is 0 Å². The monoisotopic (exact) mass is 154 g/mol. The Hall–Kier alpha value is -0.970. The van der Waals surface area contributed by atoms with E-state index in [4.69, 9.17) is 5.11 Å². The summed E-state index contributed by atoms with van der Waals surface area (Å²) in [5, 5.41) is 19.9. The normalized spacial score (nSPS) is 17.2. The molecule has 1 saturated carbocycles. The summed E-state index contributed by atoms with van der Waals surface area (Å²) >= 11 is 0. The number of aromatic nitrogens is 4. The lowest BCUT2D eigenvalue weighted by atomic mass is 10.4. The van der Waals surface area contributed by atoms with Gasteiger partial charge in [-0.2, -0.15) is 0 Å². The maximum Gasteiger partial charge on any atom is 0.154 e. The first-order valence-electron chi connectivity index (χ1n) is 3.78. The van der Waals surface area contributed by atoms with Crippen molar-refractivity contribution in [2.24, 2.45) is 0 Å². The van der Waals surface area contributed by atoms with Crippen LogP contribution < -0.4 is 0 Å². The summed E-state index contributed by atoms with van der Waals surface area (Å²) in [4.78, 5) is 0. The Morgan fingerprint density at radius 2 is 2.36 bits per heavy atom. The van der Waals surface area contributed by atoms with Crippen LogP contribution in [-0.4, -0.2) is 31.9 Å². The quantitative estimate of drug-likeness (QED) is 0.640. The number of hydrogen-bond acceptors (Lipinski definition) is 4. The topological polar surface area (TPSA) is 63.8 Å². The average molecular weight is 154 g/mol. The third kappa shape index (κ3) is 1.23. The van der Waals surface area contributed by atoms with Crippen molar-refractivity contribution in [1.82, 2.24) is 20.2 Å². The summed E-state index contributed by atoms with van der Waals surface area (Å²) in [5.74, 6) is 1.48. The summed E-state index contributed by atoms with van der Waals surface area (Å²) in [7, 11) is 0. The number of aliphatic hydroxyl groups excluding tert-OH is 1. The van der Waals surface area contributed by atoms with Gasteiger partial charge in [-0.05, 0) is 23.3 Å². The molecular weight excluding hydrogens is 144 g/mol. The second kappa shape index (κ2) is 2.58. The molecule has 1 heterocycles. The molecule has 60 valence electrons. The van der Waals surface area contributed by atoms with Crippen molar-refractivity contribution < 1.29 is 5.11 Å². The molecule has 0 atom stereocenters. The van der Waals surface area contributed by atoms with Gasteiger partial charge in [0.25, 0.3) is 0 Å². The van der Waals surface area contributed by atoms with E-state index in [0.717, 1.165) is 5.82 Å². The van der Waals surface area contributed by atoms with E-state index in [1.54, 1.807) is 4.68 Å². The molecule has 0 amide bonds. The van der Waals surface area contributed by atoms with Gasteiger partial charge in [0, 0.05) is 5.92 Å². The minimum atomic E-state index is 0.102. The van der Waals surface area contributed by atoms with Gasteiger partial charge in [0.1, 0.15) is 0 Å². The molecule has 5 heteroatoms. The number of hydrogen-bond donors (Lipinski definition) is 1. The second-order valence-electron chi connectivity index (χ2n) is 2.76. The number of rotatable bonds is 3. The van der Waals surface area contributed by atoms with Crippen LogP contribution >= 0.6 is 0 Å². The molecule has 0 unspecified atom stereocenters. The molecule has 0 saturated heterocycles. The van der Waals surface area contributed by atoms with Crippen LogP contribution in [0, 0.1) is 0 Å². The highest BCUT2D eigenvalue weighted by Gasteiger charge is 2.29. The lowest BCUT2D eigenvalue weighted by Crippen LogP contribution is -2.07. The highest BCUT2D eigenvalue weighted by molar-refractivity contribution is 5.02. The minimum absolute atomic E-state index is 0.102. The zero-order valence-electron chi connectivity index (χ0n) is 6.14. The zero-order chi connectivity index (χ0) is 7.68. The van der Waals surface area contributed by atoms with Crippen LogP contribution in [0.15, 0.2) is 0 Å². The average Bonchev–Trinajstić information content (AvgIpc) is 2.75. The third-order valence-corrected chi connectivity index (χ3v) is 1.81. The molecule has 0 spiro atoms. The highest BCUT2D eigenvalue weighted by atomic mass is 16.3. The van der Waals surface area contributed by atoms with Crippen molar-refractivity contribution in [2.75, 3.05) is 6.61 Å². The van der Waals surface area contributed by atoms with Gasteiger partial charge in [-0.3, -0.25) is 0 Å². The number of nitrogens with zero attached hydrogens (tertiary/aromatic N) is 4. The van der Waals surface area contributed by atoms with Gasteiger partial charge < -0.3 is 5.11 Å². The van der Waals surface area contributed by atoms with Gasteiger partial charge in [-0.1, -0.05) is 0 Å². The van der Waals surface area contributed by atoms with Gasteiger partial charge in [0.15, 0.2) is 5.82 Å². The SMILES string of the molecule is OCCn1nnnc1C1CC1. The molecule has 1 aliphatic rings. The zero-order valence-corrected chi connectivity index (χ0v) is 6.14. The molecule has 1 aliphatic carbocycles. The summed E-state index contributed by atoms with van der Waals surface area (Å²) in [6, 6.07) is 0. The van der Waals surface area contributed by atoms with E-state index in [1.807, 2.05) is 0 Å². The van der Waals surface area contributed by atoms with Gasteiger partial charge in [-0.25, -0.2) is 4.68 Å². The van der Waals surface area contributed by atoms with E-state index in [0.29, 0.717) is 12.5 Å². The lowest BCUT2D eigenvalue weighted by Gasteiger charge is -1.98. The fourth-order valence-electron chi connectivity index (χ4n) is 1.10. The van der Waals surface area contributed by atoms with Gasteiger partial charge in [0.2, 0.25) is 0 Å². The molecular formula is C6H10N4O. The maximum atomic E-state index is 8.65. The van der Waals surface area contributed by atoms with Gasteiger partial charge in [0.05, 0.1) is 13.2 Å². The van der Waals surface area contributed by atoms with Crippen LogP contribution in [0.2, 0.25) is 0 Å². The highest BCUT2D eigenvalue weighted by Crippen LogP contribution is 2.38. The summed E-state index contributed by atoms with van der Waals surface area (Å²) < 4.78 is 1.68. The lowest BCUT2D eigenvalue weighted by molar-refractivity contribution is 0.265. The third-order valence-electron chi connectivity index (χ3n) is 1.81.